The summed E-state index contributed by atoms with van der Waals surface area (Å²) < 4.78 is 5.48. The molecule has 0 spiro atoms. The van der Waals surface area contributed by atoms with E-state index in [1.165, 1.54) is 27.7 Å². The molecule has 0 bridgehead atoms. The van der Waals surface area contributed by atoms with E-state index in [9.17, 15) is 0 Å². The first-order valence-electron chi connectivity index (χ1n) is 9.08. The van der Waals surface area contributed by atoms with Crippen LogP contribution in [0.3, 0.4) is 0 Å². The van der Waals surface area contributed by atoms with Gasteiger partial charge in [0.25, 0.3) is 0 Å². The van der Waals surface area contributed by atoms with Crippen LogP contribution in [0, 0.1) is 0 Å². The summed E-state index contributed by atoms with van der Waals surface area (Å²) in [6, 6.07) is 17.2. The number of anilines is 1. The maximum atomic E-state index is 5.48. The first-order valence-corrected chi connectivity index (χ1v) is 9.08. The number of aromatic amines is 1. The van der Waals surface area contributed by atoms with Crippen LogP contribution in [0.1, 0.15) is 11.1 Å². The predicted octanol–water partition coefficient (Wildman–Crippen LogP) is 3.34. The highest BCUT2D eigenvalue weighted by molar-refractivity contribution is 5.83. The van der Waals surface area contributed by atoms with Gasteiger partial charge in [-0.25, -0.2) is 0 Å². The van der Waals surface area contributed by atoms with Crippen molar-refractivity contribution in [1.82, 2.24) is 10.3 Å². The fourth-order valence-electron chi connectivity index (χ4n) is 3.56. The van der Waals surface area contributed by atoms with Crippen LogP contribution in [0.15, 0.2) is 54.7 Å². The zero-order valence-corrected chi connectivity index (χ0v) is 14.5. The lowest BCUT2D eigenvalue weighted by Gasteiger charge is -2.30. The fraction of sp³-hybridized carbons (Fsp3) is 0.333. The highest BCUT2D eigenvalue weighted by atomic mass is 16.5. The molecule has 4 rings (SSSR count). The van der Waals surface area contributed by atoms with E-state index in [-0.39, 0.29) is 0 Å². The maximum Gasteiger partial charge on any atom is 0.0642 e. The van der Waals surface area contributed by atoms with E-state index in [0.29, 0.717) is 0 Å². The molecular formula is C21H25N3O. The monoisotopic (exact) mass is 335 g/mol. The molecule has 0 radical (unpaired) electrons. The minimum atomic E-state index is 0.822. The number of fused-ring (bicyclic) bond motifs is 1. The first kappa shape index (κ1) is 16.2. The Labute approximate surface area is 148 Å². The molecule has 4 heteroatoms. The van der Waals surface area contributed by atoms with E-state index in [1.54, 1.807) is 0 Å². The van der Waals surface area contributed by atoms with Gasteiger partial charge >= 0.3 is 0 Å². The van der Waals surface area contributed by atoms with Crippen LogP contribution in [0.2, 0.25) is 0 Å². The van der Waals surface area contributed by atoms with Gasteiger partial charge in [-0.2, -0.15) is 0 Å². The zero-order valence-electron chi connectivity index (χ0n) is 14.5. The molecule has 0 unspecified atom stereocenters. The molecule has 25 heavy (non-hydrogen) atoms. The molecule has 1 aliphatic rings. The van der Waals surface area contributed by atoms with Crippen molar-refractivity contribution in [3.05, 3.63) is 65.9 Å². The minimum Gasteiger partial charge on any atom is -0.378 e. The largest absolute Gasteiger partial charge is 0.378 e. The highest BCUT2D eigenvalue weighted by Gasteiger charge is 2.14. The number of nitrogens with one attached hydrogen (secondary N) is 2. The Bertz CT molecular complexity index is 821. The first-order chi connectivity index (χ1) is 12.4. The number of rotatable bonds is 6. The van der Waals surface area contributed by atoms with Crippen molar-refractivity contribution in [2.75, 3.05) is 37.7 Å². The van der Waals surface area contributed by atoms with Gasteiger partial charge in [0.2, 0.25) is 0 Å². The second kappa shape index (κ2) is 7.72. The summed E-state index contributed by atoms with van der Waals surface area (Å²) >= 11 is 0. The van der Waals surface area contributed by atoms with Crippen LogP contribution in [-0.4, -0.2) is 37.8 Å². The number of H-pyrrole nitrogens is 1. The average molecular weight is 335 g/mol. The molecule has 0 atom stereocenters. The lowest BCUT2D eigenvalue weighted by atomic mass is 10.1. The third-order valence-corrected chi connectivity index (χ3v) is 4.90. The summed E-state index contributed by atoms with van der Waals surface area (Å²) in [6.07, 6.45) is 3.16. The number of aromatic nitrogens is 1. The van der Waals surface area contributed by atoms with E-state index in [1.807, 2.05) is 0 Å². The molecular weight excluding hydrogens is 310 g/mol. The summed E-state index contributed by atoms with van der Waals surface area (Å²) in [5.41, 5.74) is 5.30. The van der Waals surface area contributed by atoms with Gasteiger partial charge in [0.1, 0.15) is 0 Å². The Kier molecular flexibility index (Phi) is 5.00. The Morgan fingerprint density at radius 1 is 0.960 bits per heavy atom. The third-order valence-electron chi connectivity index (χ3n) is 4.90. The van der Waals surface area contributed by atoms with Crippen molar-refractivity contribution in [2.45, 2.75) is 13.0 Å². The van der Waals surface area contributed by atoms with Gasteiger partial charge in [-0.05, 0) is 36.2 Å². The van der Waals surface area contributed by atoms with Gasteiger partial charge in [0.05, 0.1) is 13.2 Å². The van der Waals surface area contributed by atoms with E-state index < -0.39 is 0 Å². The number of hydrogen-bond acceptors (Lipinski definition) is 3. The standard InChI is InChI=1S/C21H25N3O/c1-4-8-21(24-11-13-25-14-12-24)18(5-1)15-22-10-9-17-16-23-20-7-3-2-6-19(17)20/h1-8,16,22-23H,9-15H2. The Morgan fingerprint density at radius 2 is 1.76 bits per heavy atom. The van der Waals surface area contributed by atoms with Crippen molar-refractivity contribution in [3.8, 4) is 0 Å². The molecule has 1 aliphatic heterocycles. The van der Waals surface area contributed by atoms with Crippen LogP contribution in [-0.2, 0) is 17.7 Å². The highest BCUT2D eigenvalue weighted by Crippen LogP contribution is 2.21. The molecule has 2 heterocycles. The molecule has 0 amide bonds. The van der Waals surface area contributed by atoms with Gasteiger partial charge in [-0.1, -0.05) is 36.4 Å². The molecule has 3 aromatic rings. The Morgan fingerprint density at radius 3 is 2.68 bits per heavy atom. The number of hydrogen-bond donors (Lipinski definition) is 2. The summed E-state index contributed by atoms with van der Waals surface area (Å²) in [5, 5.41) is 4.94. The lowest BCUT2D eigenvalue weighted by molar-refractivity contribution is 0.122. The molecule has 0 aliphatic carbocycles. The van der Waals surface area contributed by atoms with Gasteiger partial charge in [0.15, 0.2) is 0 Å². The Hall–Kier alpha value is -2.30. The molecule has 0 saturated carbocycles. The molecule has 1 aromatic heterocycles. The van der Waals surface area contributed by atoms with E-state index >= 15 is 0 Å². The summed E-state index contributed by atoms with van der Waals surface area (Å²) in [7, 11) is 0. The summed E-state index contributed by atoms with van der Waals surface area (Å²) in [4.78, 5) is 5.78. The van der Waals surface area contributed by atoms with Gasteiger partial charge in [-0.15, -0.1) is 0 Å². The maximum absolute atomic E-state index is 5.48. The molecule has 1 saturated heterocycles. The molecule has 2 aromatic carbocycles. The average Bonchev–Trinajstić information content (AvgIpc) is 3.09. The fourth-order valence-corrected chi connectivity index (χ4v) is 3.56. The number of morpholine rings is 1. The predicted molar refractivity (Wildman–Crippen MR) is 103 cm³/mol. The number of ether oxygens (including phenoxy) is 1. The summed E-state index contributed by atoms with van der Waals surface area (Å²) in [6.45, 7) is 5.47. The SMILES string of the molecule is c1ccc(N2CCOCC2)c(CNCCc2c[nH]c3ccccc23)c1. The van der Waals surface area contributed by atoms with Crippen LogP contribution in [0.25, 0.3) is 10.9 Å². The minimum absolute atomic E-state index is 0.822. The molecule has 2 N–H and O–H groups in total. The van der Waals surface area contributed by atoms with Crippen LogP contribution in [0.5, 0.6) is 0 Å². The van der Waals surface area contributed by atoms with E-state index in [2.05, 4.69) is 69.9 Å². The van der Waals surface area contributed by atoms with E-state index in [4.69, 9.17) is 4.74 Å². The van der Waals surface area contributed by atoms with Crippen molar-refractivity contribution in [1.29, 1.82) is 0 Å². The van der Waals surface area contributed by atoms with Gasteiger partial charge in [0, 0.05) is 42.4 Å². The van der Waals surface area contributed by atoms with Crippen molar-refractivity contribution in [3.63, 3.8) is 0 Å². The molecule has 1 fully saturated rings. The van der Waals surface area contributed by atoms with Crippen molar-refractivity contribution < 1.29 is 4.74 Å². The van der Waals surface area contributed by atoms with Gasteiger partial charge < -0.3 is 19.9 Å². The quantitative estimate of drug-likeness (QED) is 0.679. The topological polar surface area (TPSA) is 40.3 Å². The number of benzene rings is 2. The number of nitrogens with zero attached hydrogens (tertiary/aromatic N) is 1. The molecule has 130 valence electrons. The lowest BCUT2D eigenvalue weighted by Crippen LogP contribution is -2.37. The Balaban J connectivity index is 1.36. The smallest absolute Gasteiger partial charge is 0.0642 e. The van der Waals surface area contributed by atoms with Crippen LogP contribution >= 0.6 is 0 Å². The van der Waals surface area contributed by atoms with Gasteiger partial charge in [-0.3, -0.25) is 0 Å². The number of para-hydroxylation sites is 2. The second-order valence-corrected chi connectivity index (χ2v) is 6.51. The van der Waals surface area contributed by atoms with Crippen molar-refractivity contribution >= 4 is 16.6 Å². The normalized spacial score (nSPS) is 15.0. The van der Waals surface area contributed by atoms with E-state index in [0.717, 1.165) is 45.8 Å². The van der Waals surface area contributed by atoms with Crippen molar-refractivity contribution in [2.24, 2.45) is 0 Å². The molecule has 4 nitrogen and oxygen atoms in total. The van der Waals surface area contributed by atoms with Crippen LogP contribution < -0.4 is 10.2 Å². The van der Waals surface area contributed by atoms with Crippen LogP contribution in [0.4, 0.5) is 5.69 Å². The third kappa shape index (κ3) is 3.70. The zero-order chi connectivity index (χ0) is 16.9. The second-order valence-electron chi connectivity index (χ2n) is 6.51. The summed E-state index contributed by atoms with van der Waals surface area (Å²) in [5.74, 6) is 0.